The molecule has 88 valence electrons. The van der Waals surface area contributed by atoms with Crippen LogP contribution >= 0.6 is 0 Å². The first kappa shape index (κ1) is 11.4. The van der Waals surface area contributed by atoms with Crippen molar-refractivity contribution in [3.63, 3.8) is 0 Å². The van der Waals surface area contributed by atoms with Gasteiger partial charge in [0.05, 0.1) is 0 Å². The molecule has 3 heteroatoms. The SMILES string of the molecule is CC1CN(C2CCCNCC2)CCN1C. The van der Waals surface area contributed by atoms with Crippen molar-refractivity contribution in [3.05, 3.63) is 0 Å². The molecule has 3 nitrogen and oxygen atoms in total. The van der Waals surface area contributed by atoms with Gasteiger partial charge in [-0.15, -0.1) is 0 Å². The molecule has 0 spiro atoms. The highest BCUT2D eigenvalue weighted by molar-refractivity contribution is 4.83. The van der Waals surface area contributed by atoms with Gasteiger partial charge in [0.1, 0.15) is 0 Å². The van der Waals surface area contributed by atoms with Crippen molar-refractivity contribution >= 4 is 0 Å². The summed E-state index contributed by atoms with van der Waals surface area (Å²) < 4.78 is 0. The number of piperazine rings is 1. The van der Waals surface area contributed by atoms with Crippen LogP contribution in [0.25, 0.3) is 0 Å². The maximum atomic E-state index is 3.50. The number of nitrogens with zero attached hydrogens (tertiary/aromatic N) is 2. The molecule has 2 atom stereocenters. The summed E-state index contributed by atoms with van der Waals surface area (Å²) in [4.78, 5) is 5.20. The Kier molecular flexibility index (Phi) is 4.00. The monoisotopic (exact) mass is 211 g/mol. The molecule has 0 aromatic heterocycles. The Morgan fingerprint density at radius 2 is 2.00 bits per heavy atom. The van der Waals surface area contributed by atoms with Crippen LogP contribution in [0, 0.1) is 0 Å². The van der Waals surface area contributed by atoms with Crippen LogP contribution in [0.2, 0.25) is 0 Å². The van der Waals surface area contributed by atoms with Gasteiger partial charge in [0.2, 0.25) is 0 Å². The molecular weight excluding hydrogens is 186 g/mol. The highest BCUT2D eigenvalue weighted by atomic mass is 15.3. The molecule has 0 aromatic rings. The third-order valence-electron chi connectivity index (χ3n) is 4.05. The summed E-state index contributed by atoms with van der Waals surface area (Å²) in [6, 6.07) is 1.58. The van der Waals surface area contributed by atoms with Crippen molar-refractivity contribution in [2.45, 2.75) is 38.3 Å². The number of rotatable bonds is 1. The Balaban J connectivity index is 1.86. The minimum Gasteiger partial charge on any atom is -0.317 e. The highest BCUT2D eigenvalue weighted by Crippen LogP contribution is 2.17. The van der Waals surface area contributed by atoms with Gasteiger partial charge in [0.25, 0.3) is 0 Å². The molecular formula is C12H25N3. The molecule has 1 N–H and O–H groups in total. The van der Waals surface area contributed by atoms with Crippen molar-refractivity contribution in [2.24, 2.45) is 0 Å². The summed E-state index contributed by atoms with van der Waals surface area (Å²) in [5.41, 5.74) is 0. The van der Waals surface area contributed by atoms with E-state index in [0.29, 0.717) is 0 Å². The van der Waals surface area contributed by atoms with E-state index in [1.165, 1.54) is 52.0 Å². The van der Waals surface area contributed by atoms with Gasteiger partial charge in [0, 0.05) is 31.7 Å². The van der Waals surface area contributed by atoms with Gasteiger partial charge in [0.15, 0.2) is 0 Å². The van der Waals surface area contributed by atoms with Crippen LogP contribution in [0.15, 0.2) is 0 Å². The standard InChI is InChI=1S/C12H25N3/c1-11-10-15(9-8-14(11)2)12-4-3-6-13-7-5-12/h11-13H,3-10H2,1-2H3. The Bertz CT molecular complexity index is 187. The fourth-order valence-electron chi connectivity index (χ4n) is 2.77. The Labute approximate surface area is 93.8 Å². The fraction of sp³-hybridized carbons (Fsp3) is 1.00. The van der Waals surface area contributed by atoms with E-state index in [1.807, 2.05) is 0 Å². The summed E-state index contributed by atoms with van der Waals surface area (Å²) in [5.74, 6) is 0. The van der Waals surface area contributed by atoms with Crippen molar-refractivity contribution in [3.8, 4) is 0 Å². The zero-order valence-electron chi connectivity index (χ0n) is 10.2. The number of nitrogens with one attached hydrogen (secondary N) is 1. The van der Waals surface area contributed by atoms with Crippen LogP contribution in [-0.2, 0) is 0 Å². The topological polar surface area (TPSA) is 18.5 Å². The summed E-state index contributed by atoms with van der Waals surface area (Å²) in [6.07, 6.45) is 4.09. The molecule has 0 amide bonds. The van der Waals surface area contributed by atoms with Crippen molar-refractivity contribution < 1.29 is 0 Å². The van der Waals surface area contributed by atoms with E-state index in [4.69, 9.17) is 0 Å². The Hall–Kier alpha value is -0.120. The van der Waals surface area contributed by atoms with Gasteiger partial charge in [-0.2, -0.15) is 0 Å². The average Bonchev–Trinajstić information content (AvgIpc) is 2.50. The molecule has 2 aliphatic heterocycles. The molecule has 0 bridgehead atoms. The highest BCUT2D eigenvalue weighted by Gasteiger charge is 2.26. The molecule has 2 unspecified atom stereocenters. The molecule has 0 aromatic carbocycles. The quantitative estimate of drug-likeness (QED) is 0.691. The largest absolute Gasteiger partial charge is 0.317 e. The van der Waals surface area contributed by atoms with E-state index in [-0.39, 0.29) is 0 Å². The molecule has 2 heterocycles. The van der Waals surface area contributed by atoms with Gasteiger partial charge in [-0.3, -0.25) is 4.90 Å². The average molecular weight is 211 g/mol. The van der Waals surface area contributed by atoms with Crippen LogP contribution < -0.4 is 5.32 Å². The summed E-state index contributed by atoms with van der Waals surface area (Å²) in [5, 5.41) is 3.50. The minimum absolute atomic E-state index is 0.731. The van der Waals surface area contributed by atoms with Gasteiger partial charge in [-0.1, -0.05) is 0 Å². The van der Waals surface area contributed by atoms with Crippen LogP contribution in [0.5, 0.6) is 0 Å². The normalized spacial score (nSPS) is 36.4. The van der Waals surface area contributed by atoms with Crippen LogP contribution in [0.1, 0.15) is 26.2 Å². The zero-order valence-corrected chi connectivity index (χ0v) is 10.2. The lowest BCUT2D eigenvalue weighted by Gasteiger charge is -2.41. The lowest BCUT2D eigenvalue weighted by Crippen LogP contribution is -2.53. The lowest BCUT2D eigenvalue weighted by molar-refractivity contribution is 0.0673. The predicted molar refractivity (Wildman–Crippen MR) is 64.2 cm³/mol. The van der Waals surface area contributed by atoms with Crippen LogP contribution in [0.4, 0.5) is 0 Å². The fourth-order valence-corrected chi connectivity index (χ4v) is 2.77. The summed E-state index contributed by atoms with van der Waals surface area (Å²) >= 11 is 0. The molecule has 0 aliphatic carbocycles. The number of likely N-dealkylation sites (N-methyl/N-ethyl adjacent to an activating group) is 1. The van der Waals surface area contributed by atoms with Gasteiger partial charge >= 0.3 is 0 Å². The molecule has 2 saturated heterocycles. The van der Waals surface area contributed by atoms with Crippen LogP contribution in [-0.4, -0.2) is 61.7 Å². The second-order valence-corrected chi connectivity index (χ2v) is 5.16. The van der Waals surface area contributed by atoms with E-state index >= 15 is 0 Å². The second kappa shape index (κ2) is 5.28. The third kappa shape index (κ3) is 2.92. The van der Waals surface area contributed by atoms with Gasteiger partial charge in [-0.25, -0.2) is 0 Å². The van der Waals surface area contributed by atoms with Crippen molar-refractivity contribution in [1.29, 1.82) is 0 Å². The Morgan fingerprint density at radius 1 is 1.13 bits per heavy atom. The first-order valence-corrected chi connectivity index (χ1v) is 6.42. The van der Waals surface area contributed by atoms with E-state index in [1.54, 1.807) is 0 Å². The van der Waals surface area contributed by atoms with Crippen LogP contribution in [0.3, 0.4) is 0 Å². The molecule has 0 radical (unpaired) electrons. The lowest BCUT2D eigenvalue weighted by atomic mass is 10.0. The molecule has 2 fully saturated rings. The van der Waals surface area contributed by atoms with E-state index in [2.05, 4.69) is 29.1 Å². The number of hydrogen-bond acceptors (Lipinski definition) is 3. The smallest absolute Gasteiger partial charge is 0.0192 e. The van der Waals surface area contributed by atoms with Gasteiger partial charge < -0.3 is 10.2 Å². The zero-order chi connectivity index (χ0) is 10.7. The van der Waals surface area contributed by atoms with Gasteiger partial charge in [-0.05, 0) is 46.3 Å². The second-order valence-electron chi connectivity index (χ2n) is 5.16. The first-order chi connectivity index (χ1) is 7.27. The summed E-state index contributed by atoms with van der Waals surface area (Å²) in [6.45, 7) is 8.56. The molecule has 2 rings (SSSR count). The third-order valence-corrected chi connectivity index (χ3v) is 4.05. The summed E-state index contributed by atoms with van der Waals surface area (Å²) in [7, 11) is 2.25. The molecule has 15 heavy (non-hydrogen) atoms. The first-order valence-electron chi connectivity index (χ1n) is 6.42. The van der Waals surface area contributed by atoms with E-state index in [9.17, 15) is 0 Å². The molecule has 0 saturated carbocycles. The maximum Gasteiger partial charge on any atom is 0.0192 e. The van der Waals surface area contributed by atoms with Crippen molar-refractivity contribution in [2.75, 3.05) is 39.8 Å². The Morgan fingerprint density at radius 3 is 2.80 bits per heavy atom. The predicted octanol–water partition coefficient (Wildman–Crippen LogP) is 0.764. The van der Waals surface area contributed by atoms with E-state index in [0.717, 1.165) is 12.1 Å². The maximum absolute atomic E-state index is 3.50. The minimum atomic E-state index is 0.731. The number of hydrogen-bond donors (Lipinski definition) is 1. The molecule has 2 aliphatic rings. The van der Waals surface area contributed by atoms with Crippen molar-refractivity contribution in [1.82, 2.24) is 15.1 Å². The van der Waals surface area contributed by atoms with E-state index < -0.39 is 0 Å².